The molecule has 0 bridgehead atoms. The highest BCUT2D eigenvalue weighted by molar-refractivity contribution is 5.80. The van der Waals surface area contributed by atoms with Gasteiger partial charge < -0.3 is 50.5 Å². The Kier molecular flexibility index (Phi) is 48.5. The summed E-state index contributed by atoms with van der Waals surface area (Å²) < 4.78 is 11.1. The highest BCUT2D eigenvalue weighted by Crippen LogP contribution is 2.23. The first-order valence-corrected chi connectivity index (χ1v) is 30.9. The number of aliphatic hydroxyl groups excluding tert-OH is 7. The van der Waals surface area contributed by atoms with Gasteiger partial charge in [-0.25, -0.2) is 0 Å². The average molecular weight is 1040 g/mol. The first-order chi connectivity index (χ1) is 35.7. The number of hydrogen-bond donors (Lipinski definition) is 8. The molecule has 0 aliphatic carbocycles. The van der Waals surface area contributed by atoms with E-state index in [0.29, 0.717) is 19.3 Å². The Labute approximate surface area is 447 Å². The quantitative estimate of drug-likeness (QED) is 0.0215. The Bertz CT molecular complexity index is 1280. The first-order valence-electron chi connectivity index (χ1n) is 30.9. The van der Waals surface area contributed by atoms with Crippen LogP contribution in [0.2, 0.25) is 0 Å². The van der Waals surface area contributed by atoms with Crippen LogP contribution in [0.5, 0.6) is 0 Å². The second kappa shape index (κ2) is 51.1. The third-order valence-electron chi connectivity index (χ3n) is 14.9. The molecule has 0 saturated carbocycles. The maximum absolute atomic E-state index is 13.2. The number of allylic oxidation sites excluding steroid dienone is 6. The summed E-state index contributed by atoms with van der Waals surface area (Å²) in [7, 11) is 0. The number of rotatable bonds is 53. The van der Waals surface area contributed by atoms with Crippen molar-refractivity contribution in [2.75, 3.05) is 13.2 Å². The van der Waals surface area contributed by atoms with Gasteiger partial charge in [-0.1, -0.05) is 256 Å². The number of carbonyl (C=O) groups excluding carboxylic acids is 1. The maximum atomic E-state index is 13.2. The van der Waals surface area contributed by atoms with Crippen molar-refractivity contribution in [1.29, 1.82) is 0 Å². The second-order valence-electron chi connectivity index (χ2n) is 21.8. The summed E-state index contributed by atoms with van der Waals surface area (Å²) in [6, 6.07) is -1.19. The van der Waals surface area contributed by atoms with Crippen molar-refractivity contribution in [3.05, 3.63) is 36.5 Å². The van der Waals surface area contributed by atoms with E-state index in [1.807, 2.05) is 0 Å². The summed E-state index contributed by atoms with van der Waals surface area (Å²) in [5.41, 5.74) is 0. The van der Waals surface area contributed by atoms with E-state index in [-0.39, 0.29) is 12.8 Å². The molecule has 0 aromatic rings. The molecule has 430 valence electrons. The smallest absolute Gasteiger partial charge is 0.249 e. The van der Waals surface area contributed by atoms with E-state index >= 15 is 0 Å². The monoisotopic (exact) mass is 1040 g/mol. The van der Waals surface area contributed by atoms with Gasteiger partial charge in [-0.3, -0.25) is 4.79 Å². The van der Waals surface area contributed by atoms with Gasteiger partial charge in [-0.15, -0.1) is 0 Å². The predicted molar refractivity (Wildman–Crippen MR) is 302 cm³/mol. The van der Waals surface area contributed by atoms with Gasteiger partial charge in [0.25, 0.3) is 0 Å². The van der Waals surface area contributed by atoms with Crippen molar-refractivity contribution in [1.82, 2.24) is 5.32 Å². The molecule has 73 heavy (non-hydrogen) atoms. The molecule has 11 nitrogen and oxygen atoms in total. The van der Waals surface area contributed by atoms with Gasteiger partial charge in [0.1, 0.15) is 36.6 Å². The summed E-state index contributed by atoms with van der Waals surface area (Å²) in [5.74, 6) is -0.708. The van der Waals surface area contributed by atoms with Gasteiger partial charge in [0.05, 0.1) is 25.4 Å². The lowest BCUT2D eigenvalue weighted by Crippen LogP contribution is -2.60. The van der Waals surface area contributed by atoms with Gasteiger partial charge in [0, 0.05) is 0 Å². The number of nitrogens with one attached hydrogen (secondary N) is 1. The molecule has 1 aliphatic heterocycles. The zero-order valence-electron chi connectivity index (χ0n) is 47.1. The van der Waals surface area contributed by atoms with Crippen LogP contribution < -0.4 is 5.32 Å². The highest BCUT2D eigenvalue weighted by Gasteiger charge is 2.44. The minimum absolute atomic E-state index is 0.242. The van der Waals surface area contributed by atoms with Crippen LogP contribution in [0.25, 0.3) is 0 Å². The van der Waals surface area contributed by atoms with E-state index in [1.54, 1.807) is 0 Å². The fraction of sp³-hybridized carbons (Fsp3) is 0.887. The van der Waals surface area contributed by atoms with Crippen LogP contribution in [0.1, 0.15) is 284 Å². The molecule has 1 fully saturated rings. The topological polar surface area (TPSA) is 189 Å². The molecule has 1 rings (SSSR count). The summed E-state index contributed by atoms with van der Waals surface area (Å²) >= 11 is 0. The van der Waals surface area contributed by atoms with E-state index in [9.17, 15) is 40.5 Å². The van der Waals surface area contributed by atoms with Crippen molar-refractivity contribution in [3.63, 3.8) is 0 Å². The number of hydrogen-bond acceptors (Lipinski definition) is 10. The van der Waals surface area contributed by atoms with Crippen molar-refractivity contribution in [3.8, 4) is 0 Å². The molecule has 8 N–H and O–H groups in total. The van der Waals surface area contributed by atoms with Crippen molar-refractivity contribution in [2.24, 2.45) is 0 Å². The molecule has 11 heteroatoms. The molecule has 1 aliphatic rings. The van der Waals surface area contributed by atoms with Gasteiger partial charge >= 0.3 is 0 Å². The molecular formula is C62H117NO10. The number of ether oxygens (including phenoxy) is 2. The Morgan fingerprint density at radius 3 is 1.22 bits per heavy atom. The lowest BCUT2D eigenvalue weighted by Gasteiger charge is -2.40. The number of unbranched alkanes of at least 4 members (excludes halogenated alkanes) is 35. The first kappa shape index (κ1) is 69.3. The Morgan fingerprint density at radius 1 is 0.466 bits per heavy atom. The van der Waals surface area contributed by atoms with Gasteiger partial charge in [0.15, 0.2) is 6.29 Å². The SMILES string of the molecule is CCCCCC/C=C/CC/C=C/CC/C=C/CCCC(O)C(O)C(COC1OC(CO)C(O)C(O)C1O)NC(=O)C(O)CCCCCCCCCCCCCCCCCCCCCCCCCCCCCCC. The number of amides is 1. The van der Waals surface area contributed by atoms with Crippen molar-refractivity contribution in [2.45, 2.75) is 339 Å². The van der Waals surface area contributed by atoms with Gasteiger partial charge in [0.2, 0.25) is 5.91 Å². The summed E-state index contributed by atoms with van der Waals surface area (Å²) in [6.45, 7) is 3.44. The van der Waals surface area contributed by atoms with Crippen LogP contribution >= 0.6 is 0 Å². The second-order valence-corrected chi connectivity index (χ2v) is 21.8. The fourth-order valence-corrected chi connectivity index (χ4v) is 9.89. The molecule has 1 saturated heterocycles. The lowest BCUT2D eigenvalue weighted by atomic mass is 9.98. The van der Waals surface area contributed by atoms with E-state index in [0.717, 1.165) is 44.9 Å². The van der Waals surface area contributed by atoms with Crippen LogP contribution in [-0.4, -0.2) is 110 Å². The van der Waals surface area contributed by atoms with E-state index in [2.05, 4.69) is 55.6 Å². The fourth-order valence-electron chi connectivity index (χ4n) is 9.89. The predicted octanol–water partition coefficient (Wildman–Crippen LogP) is 13.5. The summed E-state index contributed by atoms with van der Waals surface area (Å²) in [6.07, 6.45) is 52.2. The van der Waals surface area contributed by atoms with Crippen LogP contribution in [-0.2, 0) is 14.3 Å². The van der Waals surface area contributed by atoms with Crippen molar-refractivity contribution >= 4 is 5.91 Å². The third-order valence-corrected chi connectivity index (χ3v) is 14.9. The minimum atomic E-state index is -1.67. The molecule has 1 heterocycles. The zero-order chi connectivity index (χ0) is 53.3. The largest absolute Gasteiger partial charge is 0.394 e. The Balaban J connectivity index is 2.25. The van der Waals surface area contributed by atoms with Crippen LogP contribution in [0.4, 0.5) is 0 Å². The molecule has 0 aromatic carbocycles. The lowest BCUT2D eigenvalue weighted by molar-refractivity contribution is -0.303. The molecular weight excluding hydrogens is 919 g/mol. The van der Waals surface area contributed by atoms with Crippen molar-refractivity contribution < 1.29 is 50.0 Å². The van der Waals surface area contributed by atoms with Gasteiger partial charge in [-0.2, -0.15) is 0 Å². The summed E-state index contributed by atoms with van der Waals surface area (Å²) in [4.78, 5) is 13.2. The average Bonchev–Trinajstić information content (AvgIpc) is 3.39. The highest BCUT2D eigenvalue weighted by atomic mass is 16.7. The van der Waals surface area contributed by atoms with E-state index in [4.69, 9.17) is 9.47 Å². The van der Waals surface area contributed by atoms with Gasteiger partial charge in [-0.05, 0) is 64.2 Å². The molecule has 9 unspecified atom stereocenters. The molecule has 1 amide bonds. The maximum Gasteiger partial charge on any atom is 0.249 e. The number of aliphatic hydroxyl groups is 7. The normalized spacial score (nSPS) is 20.2. The zero-order valence-corrected chi connectivity index (χ0v) is 47.1. The van der Waals surface area contributed by atoms with Crippen LogP contribution in [0.3, 0.4) is 0 Å². The molecule has 9 atom stereocenters. The van der Waals surface area contributed by atoms with Crippen LogP contribution in [0.15, 0.2) is 36.5 Å². The third kappa shape index (κ3) is 39.4. The Morgan fingerprint density at radius 2 is 0.822 bits per heavy atom. The molecule has 0 radical (unpaired) electrons. The molecule has 0 spiro atoms. The minimum Gasteiger partial charge on any atom is -0.394 e. The standard InChI is InChI=1S/C62H117NO10/c1-3-5-7-9-11-13-15-17-19-21-22-23-24-25-26-27-28-29-30-31-32-34-36-38-40-42-44-46-48-50-55(66)61(71)63-53(52-72-62-60(70)59(69)58(68)56(51-64)73-62)57(67)54(65)49-47-45-43-41-39-37-35-33-20-18-16-14-12-10-8-6-4-2/h14,16,33,35,41,43,53-60,62,64-70H,3-13,15,17-32,34,36-40,42,44-52H2,1-2H3,(H,63,71)/b16-14+,35-33+,43-41+. The van der Waals surface area contributed by atoms with E-state index < -0.39 is 74.2 Å². The summed E-state index contributed by atoms with van der Waals surface area (Å²) in [5, 5.41) is 76.1. The van der Waals surface area contributed by atoms with E-state index in [1.165, 1.54) is 193 Å². The van der Waals surface area contributed by atoms with Crippen LogP contribution in [0, 0.1) is 0 Å². The molecule has 0 aromatic heterocycles. The number of carbonyl (C=O) groups is 1. The Hall–Kier alpha value is -1.67.